The van der Waals surface area contributed by atoms with Crippen molar-refractivity contribution in [1.29, 1.82) is 0 Å². The highest BCUT2D eigenvalue weighted by atomic mass is 28.4. The minimum atomic E-state index is -2.00. The molecule has 0 unspecified atom stereocenters. The minimum Gasteiger partial charge on any atom is -0.452 e. The second-order valence-electron chi connectivity index (χ2n) is 13.3. The van der Waals surface area contributed by atoms with Gasteiger partial charge in [0.15, 0.2) is 16.6 Å². The molecule has 0 amide bonds. The highest BCUT2D eigenvalue weighted by Gasteiger charge is 2.47. The number of carbonyl (C=O) groups excluding carboxylic acids is 1. The average molecular weight is 513 g/mol. The molecule has 8 heteroatoms. The molecular formula is C26H48O6Si2. The SMILES string of the molecule is CC(C)(C)[Si](C)(C)OC[C@@H](O[Si](C)(C)C(C)(C)C)[C@H]1CC[C@H]([C@@H]2CC[C@H]([C@@H]3C=CC(=O)O3)O2)O1. The van der Waals surface area contributed by atoms with E-state index in [1.54, 1.807) is 0 Å². The lowest BCUT2D eigenvalue weighted by Crippen LogP contribution is -2.51. The first-order chi connectivity index (χ1) is 15.5. The molecule has 0 bridgehead atoms. The van der Waals surface area contributed by atoms with Crippen molar-refractivity contribution in [2.45, 2.75) is 140 Å². The largest absolute Gasteiger partial charge is 0.452 e. The molecule has 0 aromatic rings. The molecule has 3 aliphatic rings. The molecule has 6 atom stereocenters. The predicted octanol–water partition coefficient (Wildman–Crippen LogP) is 5.98. The van der Waals surface area contributed by atoms with Crippen molar-refractivity contribution in [2.75, 3.05) is 6.61 Å². The van der Waals surface area contributed by atoms with Crippen molar-refractivity contribution >= 4 is 22.6 Å². The molecule has 0 aromatic heterocycles. The smallest absolute Gasteiger partial charge is 0.331 e. The van der Waals surface area contributed by atoms with Gasteiger partial charge in [0.25, 0.3) is 0 Å². The second kappa shape index (κ2) is 10.1. The lowest BCUT2D eigenvalue weighted by Gasteiger charge is -2.43. The summed E-state index contributed by atoms with van der Waals surface area (Å²) in [7, 11) is -3.90. The number of carbonyl (C=O) groups is 1. The van der Waals surface area contributed by atoms with Crippen LogP contribution in [0.2, 0.25) is 36.3 Å². The van der Waals surface area contributed by atoms with Crippen LogP contribution in [0.3, 0.4) is 0 Å². The van der Waals surface area contributed by atoms with Crippen LogP contribution in [0.5, 0.6) is 0 Å². The van der Waals surface area contributed by atoms with E-state index in [-0.39, 0.29) is 52.7 Å². The van der Waals surface area contributed by atoms with E-state index in [4.69, 9.17) is 23.1 Å². The van der Waals surface area contributed by atoms with E-state index < -0.39 is 16.6 Å². The van der Waals surface area contributed by atoms with Crippen molar-refractivity contribution in [2.24, 2.45) is 0 Å². The summed E-state index contributed by atoms with van der Waals surface area (Å²) in [4.78, 5) is 11.4. The van der Waals surface area contributed by atoms with E-state index in [1.807, 2.05) is 6.08 Å². The van der Waals surface area contributed by atoms with Crippen LogP contribution in [0, 0.1) is 0 Å². The molecular weight excluding hydrogens is 464 g/mol. The van der Waals surface area contributed by atoms with Gasteiger partial charge in [-0.15, -0.1) is 0 Å². The van der Waals surface area contributed by atoms with Crippen LogP contribution in [0.25, 0.3) is 0 Å². The Hall–Kier alpha value is -0.516. The van der Waals surface area contributed by atoms with Crippen LogP contribution >= 0.6 is 0 Å². The maximum atomic E-state index is 11.4. The van der Waals surface area contributed by atoms with Gasteiger partial charge in [-0.05, 0) is 68.0 Å². The molecule has 0 aliphatic carbocycles. The number of rotatable bonds is 8. The highest BCUT2D eigenvalue weighted by molar-refractivity contribution is 6.74. The molecule has 0 N–H and O–H groups in total. The first kappa shape index (κ1) is 28.1. The maximum absolute atomic E-state index is 11.4. The highest BCUT2D eigenvalue weighted by Crippen LogP contribution is 2.41. The fourth-order valence-corrected chi connectivity index (χ4v) is 6.65. The van der Waals surface area contributed by atoms with Gasteiger partial charge in [0.2, 0.25) is 0 Å². The first-order valence-corrected chi connectivity index (χ1v) is 18.8. The number of ether oxygens (including phenoxy) is 3. The van der Waals surface area contributed by atoms with Crippen molar-refractivity contribution in [3.63, 3.8) is 0 Å². The Morgan fingerprint density at radius 1 is 0.882 bits per heavy atom. The van der Waals surface area contributed by atoms with Gasteiger partial charge >= 0.3 is 5.97 Å². The fourth-order valence-electron chi connectivity index (χ4n) is 4.31. The molecule has 2 fully saturated rings. The van der Waals surface area contributed by atoms with E-state index in [2.05, 4.69) is 67.7 Å². The third-order valence-corrected chi connectivity index (χ3v) is 17.7. The summed E-state index contributed by atoms with van der Waals surface area (Å²) in [6.07, 6.45) is 6.73. The predicted molar refractivity (Wildman–Crippen MR) is 140 cm³/mol. The Balaban J connectivity index is 1.65. The van der Waals surface area contributed by atoms with Crippen molar-refractivity contribution in [3.8, 4) is 0 Å². The second-order valence-corrected chi connectivity index (χ2v) is 22.9. The Morgan fingerprint density at radius 2 is 1.44 bits per heavy atom. The summed E-state index contributed by atoms with van der Waals surface area (Å²) in [6, 6.07) is 0. The molecule has 196 valence electrons. The van der Waals surface area contributed by atoms with Crippen LogP contribution in [0.15, 0.2) is 12.2 Å². The number of hydrogen-bond acceptors (Lipinski definition) is 6. The van der Waals surface area contributed by atoms with Crippen molar-refractivity contribution in [1.82, 2.24) is 0 Å². The molecule has 0 saturated carbocycles. The Morgan fingerprint density at radius 3 is 2.00 bits per heavy atom. The summed E-state index contributed by atoms with van der Waals surface area (Å²) >= 11 is 0. The Labute approximate surface area is 209 Å². The molecule has 6 nitrogen and oxygen atoms in total. The summed E-state index contributed by atoms with van der Waals surface area (Å²) in [5, 5.41) is 0.271. The van der Waals surface area contributed by atoms with Gasteiger partial charge in [-0.2, -0.15) is 0 Å². The van der Waals surface area contributed by atoms with E-state index in [1.165, 1.54) is 6.08 Å². The molecule has 3 rings (SSSR count). The van der Waals surface area contributed by atoms with E-state index in [0.29, 0.717) is 6.61 Å². The van der Waals surface area contributed by atoms with Gasteiger partial charge in [0.05, 0.1) is 37.1 Å². The number of hydrogen-bond donors (Lipinski definition) is 0. The van der Waals surface area contributed by atoms with Gasteiger partial charge in [0, 0.05) is 6.08 Å². The molecule has 0 spiro atoms. The van der Waals surface area contributed by atoms with E-state index in [0.717, 1.165) is 25.7 Å². The summed E-state index contributed by atoms with van der Waals surface area (Å²) in [5.41, 5.74) is 0. The zero-order chi connectivity index (χ0) is 25.5. The molecule has 2 saturated heterocycles. The van der Waals surface area contributed by atoms with Gasteiger partial charge in [0.1, 0.15) is 6.10 Å². The van der Waals surface area contributed by atoms with Gasteiger partial charge in [-0.3, -0.25) is 0 Å². The van der Waals surface area contributed by atoms with Gasteiger partial charge < -0.3 is 23.1 Å². The minimum absolute atomic E-state index is 0.00995. The third kappa shape index (κ3) is 6.42. The van der Waals surface area contributed by atoms with E-state index in [9.17, 15) is 4.79 Å². The van der Waals surface area contributed by atoms with Crippen LogP contribution in [-0.2, 0) is 27.9 Å². The lowest BCUT2D eigenvalue weighted by molar-refractivity contribution is -0.147. The van der Waals surface area contributed by atoms with Crippen LogP contribution in [0.4, 0.5) is 0 Å². The molecule has 3 aliphatic heterocycles. The number of esters is 1. The molecule has 3 heterocycles. The zero-order valence-electron chi connectivity index (χ0n) is 23.1. The Kier molecular flexibility index (Phi) is 8.33. The van der Waals surface area contributed by atoms with Crippen molar-refractivity contribution in [3.05, 3.63) is 12.2 Å². The summed E-state index contributed by atoms with van der Waals surface area (Å²) in [6.45, 7) is 23.4. The quantitative estimate of drug-likeness (QED) is 0.295. The zero-order valence-corrected chi connectivity index (χ0v) is 25.1. The van der Waals surface area contributed by atoms with Crippen LogP contribution < -0.4 is 0 Å². The van der Waals surface area contributed by atoms with Crippen LogP contribution in [0.1, 0.15) is 67.2 Å². The summed E-state index contributed by atoms with van der Waals surface area (Å²) < 4.78 is 31.9. The third-order valence-electron chi connectivity index (χ3n) is 8.71. The monoisotopic (exact) mass is 512 g/mol. The lowest BCUT2D eigenvalue weighted by atomic mass is 10.0. The standard InChI is InChI=1S/C26H48O6Si2/c1-25(2,3)33(7,8)28-17-23(32-34(9,10)26(4,5)6)22-14-13-19(30-22)18-11-12-20(29-18)21-15-16-24(27)31-21/h15-16,18-23H,11-14,17H2,1-10H3/t18-,19+,20+,21-,22+,23+/m0/s1. The average Bonchev–Trinajstić information content (AvgIpc) is 3.42. The first-order valence-electron chi connectivity index (χ1n) is 13.0. The molecule has 34 heavy (non-hydrogen) atoms. The van der Waals surface area contributed by atoms with Crippen molar-refractivity contribution < 1.29 is 27.9 Å². The summed E-state index contributed by atoms with van der Waals surface area (Å²) in [5.74, 6) is -0.276. The molecule has 0 aromatic carbocycles. The number of cyclic esters (lactones) is 1. The maximum Gasteiger partial charge on any atom is 0.331 e. The van der Waals surface area contributed by atoms with E-state index >= 15 is 0 Å². The van der Waals surface area contributed by atoms with Crippen LogP contribution in [-0.4, -0.2) is 65.8 Å². The molecule has 0 radical (unpaired) electrons. The van der Waals surface area contributed by atoms with Gasteiger partial charge in [-0.1, -0.05) is 41.5 Å². The normalized spacial score (nSPS) is 31.8. The topological polar surface area (TPSA) is 63.2 Å². The Bertz CT molecular complexity index is 751. The fraction of sp³-hybridized carbons (Fsp3) is 0.885. The van der Waals surface area contributed by atoms with Gasteiger partial charge in [-0.25, -0.2) is 4.79 Å².